The minimum Gasteiger partial charge on any atom is -0.490 e. The van der Waals surface area contributed by atoms with Crippen molar-refractivity contribution in [2.45, 2.75) is 33.3 Å². The van der Waals surface area contributed by atoms with E-state index in [1.165, 1.54) is 18.5 Å². The molecule has 2 heterocycles. The number of aryl methyl sites for hydroxylation is 1. The number of benzene rings is 3. The molecule has 0 aliphatic rings. The van der Waals surface area contributed by atoms with Gasteiger partial charge in [0.25, 0.3) is 5.91 Å². The van der Waals surface area contributed by atoms with Crippen molar-refractivity contribution in [3.8, 4) is 28.5 Å². The van der Waals surface area contributed by atoms with E-state index in [1.54, 1.807) is 64.4 Å². The molecule has 0 saturated heterocycles. The third kappa shape index (κ3) is 8.48. The van der Waals surface area contributed by atoms with Crippen LogP contribution in [0.25, 0.3) is 22.0 Å². The maximum Gasteiger partial charge on any atom is 0.412 e. The maximum atomic E-state index is 13.9. The molecule has 0 radical (unpaired) electrons. The number of amides is 2. The van der Waals surface area contributed by atoms with E-state index in [0.717, 1.165) is 28.3 Å². The molecule has 0 spiro atoms. The molecule has 0 unspecified atom stereocenters. The van der Waals surface area contributed by atoms with Crippen LogP contribution in [0.15, 0.2) is 79.3 Å². The number of nitrogens with zero attached hydrogens (tertiary/aromatic N) is 3. The highest BCUT2D eigenvalue weighted by Crippen LogP contribution is 2.33. The number of rotatable bonds is 10. The number of methoxy groups -OCH3 is 1. The number of anilines is 2. The van der Waals surface area contributed by atoms with Gasteiger partial charge in [-0.3, -0.25) is 10.1 Å². The molecule has 0 atom stereocenters. The topological polar surface area (TPSA) is 134 Å². The number of halogens is 1. The molecule has 11 nitrogen and oxygen atoms in total. The molecule has 0 saturated carbocycles. The first kappa shape index (κ1) is 32.6. The molecule has 5 rings (SSSR count). The molecule has 2 aromatic heterocycles. The zero-order chi connectivity index (χ0) is 33.6. The molecule has 2 amide bonds. The fraction of sp³-hybridized carbons (Fsp3) is 0.229. The Labute approximate surface area is 271 Å². The smallest absolute Gasteiger partial charge is 0.412 e. The number of ether oxygens (including phenoxy) is 4. The first-order valence-electron chi connectivity index (χ1n) is 14.7. The van der Waals surface area contributed by atoms with E-state index in [1.807, 2.05) is 25.1 Å². The van der Waals surface area contributed by atoms with E-state index in [4.69, 9.17) is 18.9 Å². The van der Waals surface area contributed by atoms with Gasteiger partial charge in [-0.15, -0.1) is 0 Å². The predicted octanol–water partition coefficient (Wildman–Crippen LogP) is 7.21. The van der Waals surface area contributed by atoms with E-state index in [0.29, 0.717) is 28.5 Å². The number of carbonyl (C=O) groups is 2. The van der Waals surface area contributed by atoms with Crippen LogP contribution in [0.3, 0.4) is 0 Å². The number of nitrogens with one attached hydrogen (secondary N) is 2. The summed E-state index contributed by atoms with van der Waals surface area (Å²) >= 11 is 0. The summed E-state index contributed by atoms with van der Waals surface area (Å²) in [5, 5.41) is 6.04. The largest absolute Gasteiger partial charge is 0.490 e. The first-order chi connectivity index (χ1) is 22.5. The van der Waals surface area contributed by atoms with Crippen molar-refractivity contribution in [1.29, 1.82) is 0 Å². The zero-order valence-electron chi connectivity index (χ0n) is 26.6. The van der Waals surface area contributed by atoms with Crippen molar-refractivity contribution in [2.75, 3.05) is 31.0 Å². The minimum absolute atomic E-state index is 0.0631. The lowest BCUT2D eigenvalue weighted by atomic mass is 10.0. The van der Waals surface area contributed by atoms with Crippen molar-refractivity contribution < 1.29 is 32.9 Å². The van der Waals surface area contributed by atoms with Crippen molar-refractivity contribution in [1.82, 2.24) is 15.0 Å². The molecular formula is C35H34FN5O6. The molecular weight excluding hydrogens is 605 g/mol. The Kier molecular flexibility index (Phi) is 9.79. The molecule has 5 aromatic rings. The highest BCUT2D eigenvalue weighted by Gasteiger charge is 2.19. The van der Waals surface area contributed by atoms with Crippen LogP contribution in [0, 0.1) is 12.7 Å². The van der Waals surface area contributed by atoms with Gasteiger partial charge in [0, 0.05) is 34.5 Å². The number of pyridine rings is 1. The molecule has 0 fully saturated rings. The summed E-state index contributed by atoms with van der Waals surface area (Å²) in [4.78, 5) is 38.3. The number of hydrogen-bond donors (Lipinski definition) is 2. The van der Waals surface area contributed by atoms with Crippen LogP contribution in [0.5, 0.6) is 17.4 Å². The molecule has 0 aliphatic carbocycles. The van der Waals surface area contributed by atoms with Gasteiger partial charge in [-0.1, -0.05) is 0 Å². The van der Waals surface area contributed by atoms with E-state index < -0.39 is 23.4 Å². The van der Waals surface area contributed by atoms with Gasteiger partial charge in [0.05, 0.1) is 18.5 Å². The lowest BCUT2D eigenvalue weighted by Crippen LogP contribution is -2.27. The molecule has 0 bridgehead atoms. The lowest BCUT2D eigenvalue weighted by Gasteiger charge is -2.20. The van der Waals surface area contributed by atoms with Gasteiger partial charge in [-0.2, -0.15) is 0 Å². The molecule has 2 N–H and O–H groups in total. The third-order valence-electron chi connectivity index (χ3n) is 6.77. The maximum absolute atomic E-state index is 13.9. The first-order valence-corrected chi connectivity index (χ1v) is 14.7. The summed E-state index contributed by atoms with van der Waals surface area (Å²) in [6, 6.07) is 17.8. The molecule has 0 aliphatic heterocycles. The van der Waals surface area contributed by atoms with Gasteiger partial charge in [0.15, 0.2) is 0 Å². The average Bonchev–Trinajstić information content (AvgIpc) is 3.04. The van der Waals surface area contributed by atoms with Gasteiger partial charge < -0.3 is 24.3 Å². The van der Waals surface area contributed by atoms with Crippen LogP contribution >= 0.6 is 0 Å². The molecule has 12 heteroatoms. The third-order valence-corrected chi connectivity index (χ3v) is 6.77. The van der Waals surface area contributed by atoms with Gasteiger partial charge in [-0.25, -0.2) is 24.1 Å². The second-order valence-electron chi connectivity index (χ2n) is 11.4. The summed E-state index contributed by atoms with van der Waals surface area (Å²) in [5.74, 6) is 0.579. The van der Waals surface area contributed by atoms with Crippen LogP contribution in [0.2, 0.25) is 0 Å². The van der Waals surface area contributed by atoms with Crippen LogP contribution in [0.4, 0.5) is 20.6 Å². The van der Waals surface area contributed by atoms with Crippen LogP contribution in [0.1, 0.15) is 36.8 Å². The summed E-state index contributed by atoms with van der Waals surface area (Å²) in [6.07, 6.45) is 2.46. The number of hydrogen-bond acceptors (Lipinski definition) is 9. The Morgan fingerprint density at radius 2 is 1.60 bits per heavy atom. The van der Waals surface area contributed by atoms with E-state index in [2.05, 4.69) is 25.6 Å². The highest BCUT2D eigenvalue weighted by atomic mass is 19.1. The monoisotopic (exact) mass is 639 g/mol. The second kappa shape index (κ2) is 14.1. The van der Waals surface area contributed by atoms with Crippen LogP contribution in [-0.4, -0.2) is 52.9 Å². The fourth-order valence-electron chi connectivity index (χ4n) is 4.56. The molecule has 3 aromatic carbocycles. The standard InChI is InChI=1S/C35H34FN5O6/c1-21-27-16-24(23-8-13-31(44-5)37-19-23)17-30(32(27)39-20-38-21)46-15-14-45-26-10-6-22(7-11-26)33(42)40-28-12-9-25(36)18-29(28)41-34(43)47-35(2,3)4/h6-13,16-20H,14-15H2,1-5H3,(H,40,42)(H,41,43). The number of carbonyl (C=O) groups excluding carboxylic acids is 2. The van der Waals surface area contributed by atoms with E-state index in [-0.39, 0.29) is 24.6 Å². The summed E-state index contributed by atoms with van der Waals surface area (Å²) in [5.41, 5.74) is 3.13. The second-order valence-corrected chi connectivity index (χ2v) is 11.4. The normalized spacial score (nSPS) is 11.1. The Balaban J connectivity index is 1.20. The molecule has 242 valence electrons. The van der Waals surface area contributed by atoms with E-state index in [9.17, 15) is 14.0 Å². The average molecular weight is 640 g/mol. The van der Waals surface area contributed by atoms with Crippen molar-refractivity contribution in [3.63, 3.8) is 0 Å². The van der Waals surface area contributed by atoms with Gasteiger partial charge >= 0.3 is 6.09 Å². The Hall–Kier alpha value is -5.78. The molecule has 47 heavy (non-hydrogen) atoms. The SMILES string of the molecule is COc1ccc(-c2cc(OCCOc3ccc(C(=O)Nc4ccc(F)cc4NC(=O)OC(C)(C)C)cc3)c3ncnc(C)c3c2)cn1. The fourth-order valence-corrected chi connectivity index (χ4v) is 4.56. The van der Waals surface area contributed by atoms with Crippen molar-refractivity contribution in [2.24, 2.45) is 0 Å². The highest BCUT2D eigenvalue weighted by molar-refractivity contribution is 6.07. The van der Waals surface area contributed by atoms with Gasteiger partial charge in [-0.05, 0) is 93.9 Å². The quantitative estimate of drug-likeness (QED) is 0.152. The Bertz CT molecular complexity index is 1890. The number of fused-ring (bicyclic) bond motifs is 1. The summed E-state index contributed by atoms with van der Waals surface area (Å²) in [7, 11) is 1.57. The van der Waals surface area contributed by atoms with Crippen molar-refractivity contribution >= 4 is 34.3 Å². The van der Waals surface area contributed by atoms with Crippen molar-refractivity contribution in [3.05, 3.63) is 96.3 Å². The lowest BCUT2D eigenvalue weighted by molar-refractivity contribution is 0.0635. The van der Waals surface area contributed by atoms with Gasteiger partial charge in [0.1, 0.15) is 48.0 Å². The summed E-state index contributed by atoms with van der Waals surface area (Å²) < 4.78 is 36.3. The zero-order valence-corrected chi connectivity index (χ0v) is 26.6. The predicted molar refractivity (Wildman–Crippen MR) is 176 cm³/mol. The minimum atomic E-state index is -0.775. The van der Waals surface area contributed by atoms with Crippen LogP contribution in [-0.2, 0) is 4.74 Å². The number of aromatic nitrogens is 3. The van der Waals surface area contributed by atoms with Crippen LogP contribution < -0.4 is 24.8 Å². The van der Waals surface area contributed by atoms with E-state index >= 15 is 0 Å². The summed E-state index contributed by atoms with van der Waals surface area (Å²) in [6.45, 7) is 7.49. The van der Waals surface area contributed by atoms with Gasteiger partial charge in [0.2, 0.25) is 5.88 Å². The Morgan fingerprint density at radius 1 is 0.830 bits per heavy atom. The Morgan fingerprint density at radius 3 is 2.30 bits per heavy atom.